The molecule has 1 atom stereocenters. The Hall–Kier alpha value is -4.63. The van der Waals surface area contributed by atoms with Crippen molar-refractivity contribution in [3.63, 3.8) is 0 Å². The van der Waals surface area contributed by atoms with E-state index in [1.54, 1.807) is 26.0 Å². The average molecular weight is 379 g/mol. The molecule has 0 saturated heterocycles. The molecule has 1 aromatic carbocycles. The lowest BCUT2D eigenvalue weighted by Gasteiger charge is -2.05. The summed E-state index contributed by atoms with van der Waals surface area (Å²) in [6, 6.07) is 5.42. The van der Waals surface area contributed by atoms with Crippen molar-refractivity contribution in [1.82, 2.24) is 0 Å². The van der Waals surface area contributed by atoms with Crippen LogP contribution in [-0.4, -0.2) is 22.2 Å². The topological polar surface area (TPSA) is 83.5 Å². The van der Waals surface area contributed by atoms with Gasteiger partial charge in [0.15, 0.2) is 0 Å². The molecule has 4 heteroatoms. The molecule has 0 saturated carbocycles. The Morgan fingerprint density at radius 1 is 0.793 bits per heavy atom. The highest BCUT2D eigenvalue weighted by Crippen LogP contribution is 2.10. The van der Waals surface area contributed by atoms with Crippen molar-refractivity contribution in [2.45, 2.75) is 26.3 Å². The van der Waals surface area contributed by atoms with Crippen LogP contribution >= 0.6 is 0 Å². The van der Waals surface area contributed by atoms with Crippen LogP contribution < -0.4 is 5.73 Å². The van der Waals surface area contributed by atoms with Gasteiger partial charge in [-0.3, -0.25) is 4.79 Å². The van der Waals surface area contributed by atoms with Crippen LogP contribution in [0.2, 0.25) is 0 Å². The standard InChI is InChI=1S/C16H6.C9H11NO3/c1-3-5-7-9-11-13-15-16-14-12-10-8-6-4-2;10-8(9(12)13)5-6-1-3-7(11)4-2-6/h1-2H3;1-4,8,11H,5,10H2,(H,12,13)/t;8-/m.0/s1. The molecule has 4 nitrogen and oxygen atoms in total. The Balaban J connectivity index is 0.000000551. The Morgan fingerprint density at radius 2 is 1.14 bits per heavy atom. The van der Waals surface area contributed by atoms with Crippen LogP contribution in [0.25, 0.3) is 0 Å². The second kappa shape index (κ2) is 16.8. The van der Waals surface area contributed by atoms with Crippen LogP contribution in [0.5, 0.6) is 5.75 Å². The van der Waals surface area contributed by atoms with Gasteiger partial charge in [-0.05, 0) is 109 Å². The maximum absolute atomic E-state index is 10.4. The summed E-state index contributed by atoms with van der Waals surface area (Å²) in [6.07, 6.45) is 0.273. The van der Waals surface area contributed by atoms with E-state index in [0.29, 0.717) is 0 Å². The third kappa shape index (κ3) is 15.3. The first kappa shape index (κ1) is 24.4. The minimum Gasteiger partial charge on any atom is -0.508 e. The molecule has 1 rings (SSSR count). The molecule has 0 radical (unpaired) electrons. The van der Waals surface area contributed by atoms with E-state index in [0.717, 1.165) is 5.56 Å². The van der Waals surface area contributed by atoms with E-state index < -0.39 is 12.0 Å². The molecule has 140 valence electrons. The van der Waals surface area contributed by atoms with Gasteiger partial charge in [0, 0.05) is 0 Å². The molecule has 0 unspecified atom stereocenters. The van der Waals surface area contributed by atoms with Crippen molar-refractivity contribution in [2.75, 3.05) is 0 Å². The Labute approximate surface area is 171 Å². The van der Waals surface area contributed by atoms with Crippen LogP contribution in [0, 0.1) is 82.9 Å². The second-order valence-corrected chi connectivity index (χ2v) is 4.82. The number of aliphatic carboxylic acids is 1. The van der Waals surface area contributed by atoms with Crippen LogP contribution in [0.4, 0.5) is 0 Å². The fourth-order valence-corrected chi connectivity index (χ4v) is 1.41. The summed E-state index contributed by atoms with van der Waals surface area (Å²) in [5.74, 6) is 34.7. The van der Waals surface area contributed by atoms with Crippen LogP contribution in [0.1, 0.15) is 19.4 Å². The van der Waals surface area contributed by atoms with Gasteiger partial charge in [-0.25, -0.2) is 0 Å². The van der Waals surface area contributed by atoms with Crippen LogP contribution in [-0.2, 0) is 11.2 Å². The maximum Gasteiger partial charge on any atom is 0.320 e. The predicted octanol–water partition coefficient (Wildman–Crippen LogP) is 1.40. The number of hydrogen-bond acceptors (Lipinski definition) is 3. The number of phenols is 1. The number of nitrogens with two attached hydrogens (primary N) is 1. The third-order valence-corrected chi connectivity index (χ3v) is 2.65. The van der Waals surface area contributed by atoms with Gasteiger partial charge in [0.05, 0.1) is 0 Å². The molecule has 0 aromatic heterocycles. The summed E-state index contributed by atoms with van der Waals surface area (Å²) >= 11 is 0. The SMILES string of the molecule is CC#CC#CC#CC#CC#CC#CC#CC.N[C@@H](Cc1ccc(O)cc1)C(=O)O. The summed E-state index contributed by atoms with van der Waals surface area (Å²) in [5, 5.41) is 17.5. The first-order chi connectivity index (χ1) is 14.0. The minimum atomic E-state index is -1.02. The summed E-state index contributed by atoms with van der Waals surface area (Å²) in [5.41, 5.74) is 6.12. The van der Waals surface area contributed by atoms with Gasteiger partial charge in [-0.2, -0.15) is 0 Å². The van der Waals surface area contributed by atoms with E-state index in [9.17, 15) is 4.79 Å². The lowest BCUT2D eigenvalue weighted by molar-refractivity contribution is -0.138. The zero-order chi connectivity index (χ0) is 21.7. The molecule has 1 aromatic rings. The van der Waals surface area contributed by atoms with Gasteiger partial charge in [-0.1, -0.05) is 24.0 Å². The van der Waals surface area contributed by atoms with Gasteiger partial charge in [-0.15, -0.1) is 0 Å². The molecule has 0 heterocycles. The molecule has 0 amide bonds. The van der Waals surface area contributed by atoms with E-state index in [1.807, 2.05) is 0 Å². The molecule has 0 fully saturated rings. The van der Waals surface area contributed by atoms with Gasteiger partial charge in [0.1, 0.15) is 11.8 Å². The molecule has 0 aliphatic carbocycles. The quantitative estimate of drug-likeness (QED) is 0.694. The molecule has 4 N–H and O–H groups in total. The monoisotopic (exact) mass is 379 g/mol. The van der Waals surface area contributed by atoms with Gasteiger partial charge < -0.3 is 15.9 Å². The first-order valence-electron chi connectivity index (χ1n) is 8.11. The second-order valence-electron chi connectivity index (χ2n) is 4.82. The van der Waals surface area contributed by atoms with Crippen molar-refractivity contribution >= 4 is 5.97 Å². The number of carboxylic acids is 1. The highest BCUT2D eigenvalue weighted by Gasteiger charge is 2.11. The number of hydrogen-bond donors (Lipinski definition) is 3. The molecule has 0 aliphatic rings. The Bertz CT molecular complexity index is 1070. The van der Waals surface area contributed by atoms with Gasteiger partial charge in [0.2, 0.25) is 0 Å². The number of benzene rings is 1. The number of phenolic OH excluding ortho intramolecular Hbond substituents is 1. The van der Waals surface area contributed by atoms with Gasteiger partial charge in [0.25, 0.3) is 0 Å². The smallest absolute Gasteiger partial charge is 0.320 e. The van der Waals surface area contributed by atoms with Gasteiger partial charge >= 0.3 is 5.97 Å². The van der Waals surface area contributed by atoms with Crippen molar-refractivity contribution in [3.8, 4) is 88.6 Å². The molecule has 29 heavy (non-hydrogen) atoms. The van der Waals surface area contributed by atoms with E-state index in [4.69, 9.17) is 15.9 Å². The molecule has 0 aliphatic heterocycles. The fraction of sp³-hybridized carbons (Fsp3) is 0.160. The van der Waals surface area contributed by atoms with Crippen molar-refractivity contribution < 1.29 is 15.0 Å². The predicted molar refractivity (Wildman–Crippen MR) is 113 cm³/mol. The Morgan fingerprint density at radius 3 is 1.45 bits per heavy atom. The van der Waals surface area contributed by atoms with E-state index in [2.05, 4.69) is 82.9 Å². The zero-order valence-electron chi connectivity index (χ0n) is 16.0. The average Bonchev–Trinajstić information content (AvgIpc) is 2.71. The van der Waals surface area contributed by atoms with E-state index in [-0.39, 0.29) is 12.2 Å². The molecular formula is C25H17NO3. The molecular weight excluding hydrogens is 362 g/mol. The summed E-state index contributed by atoms with van der Waals surface area (Å²) in [6.45, 7) is 3.42. The number of aromatic hydroxyl groups is 1. The third-order valence-electron chi connectivity index (χ3n) is 2.65. The van der Waals surface area contributed by atoms with Crippen LogP contribution in [0.15, 0.2) is 24.3 Å². The number of carbonyl (C=O) groups is 1. The molecule has 0 spiro atoms. The maximum atomic E-state index is 10.4. The zero-order valence-corrected chi connectivity index (χ0v) is 16.0. The number of carboxylic acid groups (broad SMARTS) is 1. The fourth-order valence-electron chi connectivity index (χ4n) is 1.41. The normalized spacial score (nSPS) is 7.69. The first-order valence-corrected chi connectivity index (χ1v) is 8.11. The Kier molecular flexibility index (Phi) is 14.1. The lowest BCUT2D eigenvalue weighted by atomic mass is 10.1. The van der Waals surface area contributed by atoms with Crippen molar-refractivity contribution in [3.05, 3.63) is 29.8 Å². The molecule has 0 bridgehead atoms. The van der Waals surface area contributed by atoms with Crippen molar-refractivity contribution in [1.29, 1.82) is 0 Å². The van der Waals surface area contributed by atoms with Crippen LogP contribution in [0.3, 0.4) is 0 Å². The minimum absolute atomic E-state index is 0.160. The highest BCUT2D eigenvalue weighted by molar-refractivity contribution is 5.73. The number of rotatable bonds is 3. The lowest BCUT2D eigenvalue weighted by Crippen LogP contribution is -2.32. The summed E-state index contributed by atoms with van der Waals surface area (Å²) < 4.78 is 0. The summed E-state index contributed by atoms with van der Waals surface area (Å²) in [7, 11) is 0. The largest absolute Gasteiger partial charge is 0.508 e. The highest BCUT2D eigenvalue weighted by atomic mass is 16.4. The van der Waals surface area contributed by atoms with E-state index in [1.165, 1.54) is 12.1 Å². The van der Waals surface area contributed by atoms with Crippen molar-refractivity contribution in [2.24, 2.45) is 5.73 Å². The van der Waals surface area contributed by atoms with E-state index >= 15 is 0 Å². The summed E-state index contributed by atoms with van der Waals surface area (Å²) in [4.78, 5) is 10.4.